The van der Waals surface area contributed by atoms with E-state index in [1.165, 1.54) is 38.5 Å². The second kappa shape index (κ2) is 8.97. The van der Waals surface area contributed by atoms with Crippen molar-refractivity contribution < 1.29 is 4.74 Å². The van der Waals surface area contributed by atoms with Gasteiger partial charge in [0.25, 0.3) is 0 Å². The Labute approximate surface area is 120 Å². The average molecular weight is 269 g/mol. The van der Waals surface area contributed by atoms with Crippen LogP contribution in [0.5, 0.6) is 0 Å². The fourth-order valence-corrected chi connectivity index (χ4v) is 3.54. The van der Waals surface area contributed by atoms with Gasteiger partial charge in [0.05, 0.1) is 6.10 Å². The molecule has 0 aromatic rings. The summed E-state index contributed by atoms with van der Waals surface area (Å²) in [5, 5.41) is 3.47. The molecule has 0 aliphatic heterocycles. The summed E-state index contributed by atoms with van der Waals surface area (Å²) >= 11 is 0. The SMILES string of the molecule is CCCCC(CC)COC1C(C)CC(C)CC1NC. The van der Waals surface area contributed by atoms with E-state index >= 15 is 0 Å². The lowest BCUT2D eigenvalue weighted by molar-refractivity contribution is -0.0508. The molecule has 0 bridgehead atoms. The number of hydrogen-bond acceptors (Lipinski definition) is 2. The number of rotatable bonds is 8. The molecule has 0 heterocycles. The molecule has 19 heavy (non-hydrogen) atoms. The highest BCUT2D eigenvalue weighted by Crippen LogP contribution is 2.31. The lowest BCUT2D eigenvalue weighted by atomic mass is 9.78. The fraction of sp³-hybridized carbons (Fsp3) is 1.00. The van der Waals surface area contributed by atoms with Crippen molar-refractivity contribution in [3.8, 4) is 0 Å². The molecule has 0 spiro atoms. The number of unbranched alkanes of at least 4 members (excludes halogenated alkanes) is 1. The molecule has 1 aliphatic rings. The van der Waals surface area contributed by atoms with Crippen LogP contribution in [-0.2, 0) is 4.74 Å². The number of hydrogen-bond donors (Lipinski definition) is 1. The minimum Gasteiger partial charge on any atom is -0.376 e. The molecular formula is C17H35NO. The third kappa shape index (κ3) is 5.43. The summed E-state index contributed by atoms with van der Waals surface area (Å²) < 4.78 is 6.33. The highest BCUT2D eigenvalue weighted by atomic mass is 16.5. The van der Waals surface area contributed by atoms with E-state index in [-0.39, 0.29) is 0 Å². The van der Waals surface area contributed by atoms with Crippen LogP contribution in [0.1, 0.15) is 66.2 Å². The van der Waals surface area contributed by atoms with Gasteiger partial charge in [-0.1, -0.05) is 47.0 Å². The number of ether oxygens (including phenoxy) is 1. The fourth-order valence-electron chi connectivity index (χ4n) is 3.54. The van der Waals surface area contributed by atoms with E-state index in [0.29, 0.717) is 18.1 Å². The summed E-state index contributed by atoms with van der Waals surface area (Å²) in [6.45, 7) is 10.3. The quantitative estimate of drug-likeness (QED) is 0.711. The first-order valence-electron chi connectivity index (χ1n) is 8.41. The smallest absolute Gasteiger partial charge is 0.0753 e. The van der Waals surface area contributed by atoms with Gasteiger partial charge in [0.15, 0.2) is 0 Å². The maximum Gasteiger partial charge on any atom is 0.0753 e. The zero-order valence-electron chi connectivity index (χ0n) is 13.7. The van der Waals surface area contributed by atoms with E-state index < -0.39 is 0 Å². The molecule has 1 fully saturated rings. The molecule has 114 valence electrons. The minimum atomic E-state index is 0.414. The topological polar surface area (TPSA) is 21.3 Å². The molecule has 0 aromatic heterocycles. The van der Waals surface area contributed by atoms with Gasteiger partial charge in [-0.2, -0.15) is 0 Å². The Morgan fingerprint density at radius 2 is 1.95 bits per heavy atom. The zero-order valence-corrected chi connectivity index (χ0v) is 13.7. The predicted molar refractivity (Wildman–Crippen MR) is 83.5 cm³/mol. The largest absolute Gasteiger partial charge is 0.376 e. The van der Waals surface area contributed by atoms with E-state index in [2.05, 4.69) is 40.1 Å². The Kier molecular flexibility index (Phi) is 8.01. The van der Waals surface area contributed by atoms with Crippen LogP contribution in [0.2, 0.25) is 0 Å². The minimum absolute atomic E-state index is 0.414. The highest BCUT2D eigenvalue weighted by Gasteiger charge is 2.34. The number of nitrogens with one attached hydrogen (secondary N) is 1. The van der Waals surface area contributed by atoms with Gasteiger partial charge >= 0.3 is 0 Å². The molecule has 0 saturated heterocycles. The van der Waals surface area contributed by atoms with Gasteiger partial charge in [0.1, 0.15) is 0 Å². The van der Waals surface area contributed by atoms with Gasteiger partial charge in [-0.25, -0.2) is 0 Å². The lowest BCUT2D eigenvalue weighted by Gasteiger charge is -2.40. The Morgan fingerprint density at radius 1 is 1.21 bits per heavy atom. The van der Waals surface area contributed by atoms with Gasteiger partial charge in [0.2, 0.25) is 0 Å². The van der Waals surface area contributed by atoms with Gasteiger partial charge in [-0.15, -0.1) is 0 Å². The van der Waals surface area contributed by atoms with Crippen LogP contribution in [0.15, 0.2) is 0 Å². The van der Waals surface area contributed by atoms with Crippen molar-refractivity contribution in [3.63, 3.8) is 0 Å². The van der Waals surface area contributed by atoms with Gasteiger partial charge in [0, 0.05) is 12.6 Å². The molecule has 1 aliphatic carbocycles. The summed E-state index contributed by atoms with van der Waals surface area (Å²) in [5.74, 6) is 2.27. The Bertz CT molecular complexity index is 231. The van der Waals surface area contributed by atoms with Crippen molar-refractivity contribution in [1.82, 2.24) is 5.32 Å². The molecule has 5 atom stereocenters. The normalized spacial score (nSPS) is 33.3. The monoisotopic (exact) mass is 269 g/mol. The molecule has 0 radical (unpaired) electrons. The standard InChI is InChI=1S/C17H35NO/c1-6-8-9-15(7-2)12-19-17-14(4)10-13(3)11-16(17)18-5/h13-18H,6-12H2,1-5H3. The third-order valence-corrected chi connectivity index (χ3v) is 4.83. The summed E-state index contributed by atoms with van der Waals surface area (Å²) in [7, 11) is 2.08. The van der Waals surface area contributed by atoms with Gasteiger partial charge < -0.3 is 10.1 Å². The molecule has 5 unspecified atom stereocenters. The van der Waals surface area contributed by atoms with Crippen LogP contribution in [0.25, 0.3) is 0 Å². The molecular weight excluding hydrogens is 234 g/mol. The van der Waals surface area contributed by atoms with Gasteiger partial charge in [-0.05, 0) is 44.1 Å². The highest BCUT2D eigenvalue weighted by molar-refractivity contribution is 4.88. The van der Waals surface area contributed by atoms with Crippen LogP contribution in [0.3, 0.4) is 0 Å². The van der Waals surface area contributed by atoms with E-state index in [1.807, 2.05) is 0 Å². The van der Waals surface area contributed by atoms with Crippen LogP contribution >= 0.6 is 0 Å². The first-order chi connectivity index (χ1) is 9.12. The van der Waals surface area contributed by atoms with E-state index in [1.54, 1.807) is 0 Å². The van der Waals surface area contributed by atoms with Gasteiger partial charge in [-0.3, -0.25) is 0 Å². The van der Waals surface area contributed by atoms with Crippen molar-refractivity contribution in [2.45, 2.75) is 78.4 Å². The predicted octanol–water partition coefficient (Wildman–Crippen LogP) is 4.24. The molecule has 1 saturated carbocycles. The van der Waals surface area contributed by atoms with Crippen molar-refractivity contribution in [2.75, 3.05) is 13.7 Å². The first-order valence-corrected chi connectivity index (χ1v) is 8.41. The third-order valence-electron chi connectivity index (χ3n) is 4.83. The first kappa shape index (κ1) is 17.0. The van der Waals surface area contributed by atoms with Crippen LogP contribution in [0, 0.1) is 17.8 Å². The lowest BCUT2D eigenvalue weighted by Crippen LogP contribution is -2.48. The Morgan fingerprint density at radius 3 is 2.53 bits per heavy atom. The summed E-state index contributed by atoms with van der Waals surface area (Å²) in [4.78, 5) is 0. The second-order valence-corrected chi connectivity index (χ2v) is 6.66. The maximum absolute atomic E-state index is 6.33. The van der Waals surface area contributed by atoms with Crippen molar-refractivity contribution >= 4 is 0 Å². The number of likely N-dealkylation sites (N-methyl/N-ethyl adjacent to an activating group) is 1. The summed E-state index contributed by atoms with van der Waals surface area (Å²) in [6, 6.07) is 0.544. The van der Waals surface area contributed by atoms with E-state index in [4.69, 9.17) is 4.74 Å². The second-order valence-electron chi connectivity index (χ2n) is 6.66. The summed E-state index contributed by atoms with van der Waals surface area (Å²) in [6.07, 6.45) is 8.21. The zero-order chi connectivity index (χ0) is 14.3. The van der Waals surface area contributed by atoms with Crippen molar-refractivity contribution in [3.05, 3.63) is 0 Å². The van der Waals surface area contributed by atoms with E-state index in [0.717, 1.165) is 18.4 Å². The summed E-state index contributed by atoms with van der Waals surface area (Å²) in [5.41, 5.74) is 0. The van der Waals surface area contributed by atoms with Crippen LogP contribution in [-0.4, -0.2) is 25.8 Å². The van der Waals surface area contributed by atoms with Crippen molar-refractivity contribution in [1.29, 1.82) is 0 Å². The van der Waals surface area contributed by atoms with Crippen LogP contribution in [0.4, 0.5) is 0 Å². The Hall–Kier alpha value is -0.0800. The molecule has 2 heteroatoms. The molecule has 0 amide bonds. The molecule has 0 aromatic carbocycles. The van der Waals surface area contributed by atoms with E-state index in [9.17, 15) is 0 Å². The molecule has 1 N–H and O–H groups in total. The molecule has 2 nitrogen and oxygen atoms in total. The van der Waals surface area contributed by atoms with Crippen molar-refractivity contribution in [2.24, 2.45) is 17.8 Å². The van der Waals surface area contributed by atoms with Crippen LogP contribution < -0.4 is 5.32 Å². The molecule has 1 rings (SSSR count). The average Bonchev–Trinajstić information content (AvgIpc) is 2.40. The maximum atomic E-state index is 6.33. The Balaban J connectivity index is 2.43.